The maximum atomic E-state index is 4.83. The lowest BCUT2D eigenvalue weighted by molar-refractivity contribution is 0.395. The van der Waals surface area contributed by atoms with Crippen molar-refractivity contribution in [3.05, 3.63) is 6.54 Å². The van der Waals surface area contributed by atoms with E-state index < -0.39 is 0 Å². The normalized spacial score (nSPS) is 21.0. The van der Waals surface area contributed by atoms with Crippen molar-refractivity contribution < 1.29 is 4.74 Å². The highest BCUT2D eigenvalue weighted by molar-refractivity contribution is 5.85. The molecule has 0 spiro atoms. The van der Waals surface area contributed by atoms with E-state index in [9.17, 15) is 0 Å². The van der Waals surface area contributed by atoms with Crippen LogP contribution in [-0.2, 0) is 4.74 Å². The second-order valence-electron chi connectivity index (χ2n) is 1.73. The summed E-state index contributed by atoms with van der Waals surface area (Å²) in [7, 11) is 3.57. The van der Waals surface area contributed by atoms with Gasteiger partial charge in [0.1, 0.15) is 6.54 Å². The maximum Gasteiger partial charge on any atom is 0.204 e. The van der Waals surface area contributed by atoms with Crippen LogP contribution in [0.3, 0.4) is 0 Å². The molecule has 0 atom stereocenters. The molecule has 0 amide bonds. The van der Waals surface area contributed by atoms with E-state index in [4.69, 9.17) is 4.74 Å². The first-order valence-corrected chi connectivity index (χ1v) is 2.46. The van der Waals surface area contributed by atoms with Crippen LogP contribution in [-0.4, -0.2) is 31.6 Å². The Morgan fingerprint density at radius 2 is 2.62 bits per heavy atom. The third-order valence-corrected chi connectivity index (χ3v) is 0.990. The molecule has 1 aliphatic rings. The molecule has 0 saturated heterocycles. The number of ether oxygens (including phenoxy) is 1. The summed E-state index contributed by atoms with van der Waals surface area (Å²) >= 11 is 0. The first-order valence-electron chi connectivity index (χ1n) is 2.46. The lowest BCUT2D eigenvalue weighted by atomic mass is 10.6. The van der Waals surface area contributed by atoms with Crippen LogP contribution in [0, 0.1) is 6.54 Å². The molecule has 1 heterocycles. The number of likely N-dealkylation sites (N-methyl/N-ethyl adjacent to an activating group) is 1. The van der Waals surface area contributed by atoms with Crippen molar-refractivity contribution in [1.82, 2.24) is 4.90 Å². The van der Waals surface area contributed by atoms with E-state index in [1.807, 2.05) is 18.5 Å². The fourth-order valence-corrected chi connectivity index (χ4v) is 0.569. The molecule has 1 aliphatic heterocycles. The molecule has 0 N–H and O–H groups in total. The van der Waals surface area contributed by atoms with Crippen molar-refractivity contribution in [1.29, 1.82) is 0 Å². The Bertz CT molecular complexity index is 111. The summed E-state index contributed by atoms with van der Waals surface area (Å²) in [5.41, 5.74) is 0. The molecule has 8 heavy (non-hydrogen) atoms. The largest absolute Gasteiger partial charge is 0.483 e. The van der Waals surface area contributed by atoms with Gasteiger partial charge in [0, 0.05) is 0 Å². The van der Waals surface area contributed by atoms with E-state index in [1.54, 1.807) is 7.11 Å². The van der Waals surface area contributed by atoms with Gasteiger partial charge in [0.2, 0.25) is 5.90 Å². The third-order valence-electron chi connectivity index (χ3n) is 0.990. The van der Waals surface area contributed by atoms with E-state index in [0.717, 1.165) is 6.67 Å². The first kappa shape index (κ1) is 5.56. The summed E-state index contributed by atoms with van der Waals surface area (Å²) < 4.78 is 4.83. The molecular formula is C5H9N2O. The fourth-order valence-electron chi connectivity index (χ4n) is 0.569. The number of rotatable bonds is 0. The molecule has 0 aromatic heterocycles. The van der Waals surface area contributed by atoms with E-state index in [-0.39, 0.29) is 0 Å². The summed E-state index contributed by atoms with van der Waals surface area (Å²) in [6.45, 7) is 2.59. The van der Waals surface area contributed by atoms with Gasteiger partial charge in [-0.15, -0.1) is 0 Å². The minimum Gasteiger partial charge on any atom is -0.483 e. The maximum absolute atomic E-state index is 4.83. The van der Waals surface area contributed by atoms with Crippen LogP contribution in [0.25, 0.3) is 0 Å². The van der Waals surface area contributed by atoms with Crippen molar-refractivity contribution in [3.63, 3.8) is 0 Å². The minimum absolute atomic E-state index is 0.715. The lowest BCUT2D eigenvalue weighted by Gasteiger charge is -2.01. The lowest BCUT2D eigenvalue weighted by Crippen LogP contribution is -2.11. The van der Waals surface area contributed by atoms with Crippen molar-refractivity contribution in [2.75, 3.05) is 20.8 Å². The quantitative estimate of drug-likeness (QED) is 0.445. The Labute approximate surface area is 49.0 Å². The first-order chi connectivity index (χ1) is 3.83. The van der Waals surface area contributed by atoms with Gasteiger partial charge < -0.3 is 4.74 Å². The van der Waals surface area contributed by atoms with Gasteiger partial charge in [0.15, 0.2) is 0 Å². The summed E-state index contributed by atoms with van der Waals surface area (Å²) in [5.74, 6) is 0.715. The molecular weight excluding hydrogens is 104 g/mol. The fraction of sp³-hybridized carbons (Fsp3) is 0.600. The SMILES string of the molecule is COC1=NCN(C)[CH]1. The highest BCUT2D eigenvalue weighted by Gasteiger charge is 2.10. The molecule has 1 rings (SSSR count). The Balaban J connectivity index is 2.37. The Kier molecular flexibility index (Phi) is 1.48. The van der Waals surface area contributed by atoms with Crippen LogP contribution in [0.1, 0.15) is 0 Å². The molecule has 0 aromatic carbocycles. The van der Waals surface area contributed by atoms with Gasteiger partial charge in [-0.1, -0.05) is 0 Å². The second-order valence-corrected chi connectivity index (χ2v) is 1.73. The number of hydrogen-bond donors (Lipinski definition) is 0. The average molecular weight is 113 g/mol. The van der Waals surface area contributed by atoms with Crippen LogP contribution in [0.15, 0.2) is 4.99 Å². The van der Waals surface area contributed by atoms with Gasteiger partial charge in [-0.2, -0.15) is 0 Å². The van der Waals surface area contributed by atoms with Gasteiger partial charge >= 0.3 is 0 Å². The molecule has 0 aromatic rings. The summed E-state index contributed by atoms with van der Waals surface area (Å²) in [5, 5.41) is 0. The highest BCUT2D eigenvalue weighted by Crippen LogP contribution is 2.00. The van der Waals surface area contributed by atoms with E-state index in [1.165, 1.54) is 0 Å². The average Bonchev–Trinajstić information content (AvgIpc) is 2.14. The van der Waals surface area contributed by atoms with Gasteiger partial charge in [0.05, 0.1) is 13.8 Å². The highest BCUT2D eigenvalue weighted by atomic mass is 16.5. The monoisotopic (exact) mass is 113 g/mol. The zero-order chi connectivity index (χ0) is 5.98. The van der Waals surface area contributed by atoms with Crippen molar-refractivity contribution in [2.45, 2.75) is 0 Å². The van der Waals surface area contributed by atoms with Crippen LogP contribution in [0.4, 0.5) is 0 Å². The Morgan fingerprint density at radius 1 is 1.88 bits per heavy atom. The Morgan fingerprint density at radius 3 is 2.88 bits per heavy atom. The predicted octanol–water partition coefficient (Wildman–Crippen LogP) is 0.0960. The van der Waals surface area contributed by atoms with E-state index >= 15 is 0 Å². The molecule has 1 radical (unpaired) electrons. The molecule has 3 nitrogen and oxygen atoms in total. The molecule has 3 heteroatoms. The van der Waals surface area contributed by atoms with Gasteiger partial charge in [-0.25, -0.2) is 4.99 Å². The topological polar surface area (TPSA) is 24.8 Å². The number of aliphatic imine (C=N–C) groups is 1. The predicted molar refractivity (Wildman–Crippen MR) is 31.4 cm³/mol. The van der Waals surface area contributed by atoms with Gasteiger partial charge in [-0.05, 0) is 7.05 Å². The van der Waals surface area contributed by atoms with Crippen LogP contribution < -0.4 is 0 Å². The van der Waals surface area contributed by atoms with Crippen molar-refractivity contribution in [2.24, 2.45) is 4.99 Å². The van der Waals surface area contributed by atoms with Crippen molar-refractivity contribution in [3.8, 4) is 0 Å². The second kappa shape index (κ2) is 2.13. The molecule has 0 saturated carbocycles. The molecule has 0 aliphatic carbocycles. The van der Waals surface area contributed by atoms with E-state index in [0.29, 0.717) is 5.90 Å². The van der Waals surface area contributed by atoms with Gasteiger partial charge in [-0.3, -0.25) is 4.90 Å². The molecule has 0 bridgehead atoms. The summed E-state index contributed by atoms with van der Waals surface area (Å²) in [4.78, 5) is 5.96. The number of methoxy groups -OCH3 is 1. The third kappa shape index (κ3) is 0.980. The zero-order valence-corrected chi connectivity index (χ0v) is 5.09. The number of nitrogens with zero attached hydrogens (tertiary/aromatic N) is 2. The van der Waals surface area contributed by atoms with Gasteiger partial charge in [0.25, 0.3) is 0 Å². The van der Waals surface area contributed by atoms with Crippen LogP contribution >= 0.6 is 0 Å². The van der Waals surface area contributed by atoms with Crippen LogP contribution in [0.5, 0.6) is 0 Å². The summed E-state index contributed by atoms with van der Waals surface area (Å²) in [6.07, 6.45) is 0. The Hall–Kier alpha value is -0.570. The standard InChI is InChI=1S/C5H9N2O/c1-7-3-5(8-2)6-4-7/h3H,4H2,1-2H3. The smallest absolute Gasteiger partial charge is 0.204 e. The molecule has 0 unspecified atom stereocenters. The molecule has 45 valence electrons. The van der Waals surface area contributed by atoms with Crippen LogP contribution in [0.2, 0.25) is 0 Å². The number of hydrogen-bond acceptors (Lipinski definition) is 3. The zero-order valence-electron chi connectivity index (χ0n) is 5.09. The molecule has 0 fully saturated rings. The summed E-state index contributed by atoms with van der Waals surface area (Å²) in [6, 6.07) is 0. The van der Waals surface area contributed by atoms with Crippen molar-refractivity contribution >= 4 is 5.90 Å². The minimum atomic E-state index is 0.715. The van der Waals surface area contributed by atoms with E-state index in [2.05, 4.69) is 4.99 Å².